The molecule has 0 aliphatic carbocycles. The van der Waals surface area contributed by atoms with Gasteiger partial charge in [0.1, 0.15) is 18.0 Å². The van der Waals surface area contributed by atoms with Gasteiger partial charge in [-0.1, -0.05) is 26.2 Å². The molecule has 2 rings (SSSR count). The van der Waals surface area contributed by atoms with Crippen LogP contribution in [-0.2, 0) is 9.53 Å². The van der Waals surface area contributed by atoms with E-state index >= 15 is 0 Å². The van der Waals surface area contributed by atoms with E-state index in [9.17, 15) is 4.79 Å². The molecule has 146 valence electrons. The summed E-state index contributed by atoms with van der Waals surface area (Å²) in [7, 11) is 1.60. The van der Waals surface area contributed by atoms with Crippen LogP contribution >= 0.6 is 0 Å². The number of methoxy groups -OCH3 is 1. The van der Waals surface area contributed by atoms with Crippen LogP contribution < -0.4 is 10.1 Å². The molecule has 5 nitrogen and oxygen atoms in total. The topological polar surface area (TPSA) is 50.8 Å². The second-order valence-electron chi connectivity index (χ2n) is 7.27. The zero-order valence-corrected chi connectivity index (χ0v) is 16.6. The van der Waals surface area contributed by atoms with E-state index in [0.29, 0.717) is 6.61 Å². The lowest BCUT2D eigenvalue weighted by molar-refractivity contribution is -0.136. The van der Waals surface area contributed by atoms with Gasteiger partial charge in [-0.05, 0) is 63.5 Å². The number of hydrogen-bond donors (Lipinski definition) is 1. The van der Waals surface area contributed by atoms with Gasteiger partial charge in [0.25, 0.3) is 5.91 Å². The van der Waals surface area contributed by atoms with Crippen molar-refractivity contribution < 1.29 is 14.3 Å². The maximum absolute atomic E-state index is 12.6. The van der Waals surface area contributed by atoms with Crippen molar-refractivity contribution in [2.45, 2.75) is 58.0 Å². The standard InChI is InChI=1S/C21H34N2O3/c1-4-5-6-13-21(2,25-3)20(24)22-18-9-11-19(12-10-18)26-17-16-23-14-7-8-15-23/h9-12H,4-8,13-17H2,1-3H3,(H,22,24)/t21-/m1/s1. The van der Waals surface area contributed by atoms with Crippen molar-refractivity contribution in [3.8, 4) is 5.75 Å². The molecule has 1 saturated heterocycles. The van der Waals surface area contributed by atoms with Crippen molar-refractivity contribution in [2.24, 2.45) is 0 Å². The van der Waals surface area contributed by atoms with Gasteiger partial charge in [-0.25, -0.2) is 0 Å². The maximum atomic E-state index is 12.6. The largest absolute Gasteiger partial charge is 0.492 e. The number of amides is 1. The third kappa shape index (κ3) is 6.29. The zero-order chi connectivity index (χ0) is 18.8. The van der Waals surface area contributed by atoms with Gasteiger partial charge in [-0.3, -0.25) is 9.69 Å². The van der Waals surface area contributed by atoms with E-state index in [4.69, 9.17) is 9.47 Å². The number of likely N-dealkylation sites (tertiary alicyclic amines) is 1. The van der Waals surface area contributed by atoms with E-state index in [2.05, 4.69) is 17.1 Å². The van der Waals surface area contributed by atoms with Gasteiger partial charge in [-0.2, -0.15) is 0 Å². The molecule has 1 fully saturated rings. The van der Waals surface area contributed by atoms with Gasteiger partial charge in [0.05, 0.1) is 0 Å². The smallest absolute Gasteiger partial charge is 0.256 e. The van der Waals surface area contributed by atoms with Crippen LogP contribution in [0.15, 0.2) is 24.3 Å². The van der Waals surface area contributed by atoms with E-state index in [1.54, 1.807) is 7.11 Å². The van der Waals surface area contributed by atoms with Gasteiger partial charge >= 0.3 is 0 Å². The van der Waals surface area contributed by atoms with Crippen molar-refractivity contribution in [2.75, 3.05) is 38.7 Å². The number of nitrogens with one attached hydrogen (secondary N) is 1. The third-order valence-corrected chi connectivity index (χ3v) is 5.18. The van der Waals surface area contributed by atoms with Crippen molar-refractivity contribution in [1.82, 2.24) is 4.90 Å². The monoisotopic (exact) mass is 362 g/mol. The Kier molecular flexibility index (Phi) is 8.39. The number of nitrogens with zero attached hydrogens (tertiary/aromatic N) is 1. The van der Waals surface area contributed by atoms with E-state index in [1.165, 1.54) is 25.9 Å². The Balaban J connectivity index is 1.80. The molecule has 1 atom stereocenters. The summed E-state index contributed by atoms with van der Waals surface area (Å²) >= 11 is 0. The molecule has 26 heavy (non-hydrogen) atoms. The quantitative estimate of drug-likeness (QED) is 0.603. The minimum atomic E-state index is -0.792. The number of rotatable bonds is 11. The average molecular weight is 363 g/mol. The summed E-state index contributed by atoms with van der Waals surface area (Å²) in [6.07, 6.45) is 6.54. The molecule has 1 aliphatic heterocycles. The lowest BCUT2D eigenvalue weighted by Gasteiger charge is -2.27. The van der Waals surface area contributed by atoms with E-state index in [-0.39, 0.29) is 5.91 Å². The predicted octanol–water partition coefficient (Wildman–Crippen LogP) is 4.09. The lowest BCUT2D eigenvalue weighted by atomic mass is 9.97. The fourth-order valence-electron chi connectivity index (χ4n) is 3.22. The maximum Gasteiger partial charge on any atom is 0.256 e. The van der Waals surface area contributed by atoms with E-state index in [0.717, 1.165) is 43.7 Å². The molecule has 5 heteroatoms. The zero-order valence-electron chi connectivity index (χ0n) is 16.6. The molecule has 0 bridgehead atoms. The third-order valence-electron chi connectivity index (χ3n) is 5.18. The Bertz CT molecular complexity index is 541. The van der Waals surface area contributed by atoms with Crippen LogP contribution in [0.4, 0.5) is 5.69 Å². The van der Waals surface area contributed by atoms with Crippen molar-refractivity contribution in [3.63, 3.8) is 0 Å². The highest BCUT2D eigenvalue weighted by Crippen LogP contribution is 2.22. The number of benzene rings is 1. The minimum Gasteiger partial charge on any atom is -0.492 e. The summed E-state index contributed by atoms with van der Waals surface area (Å²) in [5.41, 5.74) is -0.0271. The Morgan fingerprint density at radius 3 is 2.50 bits per heavy atom. The molecule has 1 amide bonds. The minimum absolute atomic E-state index is 0.0983. The van der Waals surface area contributed by atoms with Crippen molar-refractivity contribution in [3.05, 3.63) is 24.3 Å². The Morgan fingerprint density at radius 1 is 1.19 bits per heavy atom. The molecular weight excluding hydrogens is 328 g/mol. The number of ether oxygens (including phenoxy) is 2. The highest BCUT2D eigenvalue weighted by molar-refractivity contribution is 5.97. The molecular formula is C21H34N2O3. The number of unbranched alkanes of at least 4 members (excludes halogenated alkanes) is 2. The van der Waals surface area contributed by atoms with Crippen LogP contribution in [0.1, 0.15) is 52.4 Å². The van der Waals surface area contributed by atoms with Crippen LogP contribution in [0.3, 0.4) is 0 Å². The first-order valence-electron chi connectivity index (χ1n) is 9.89. The molecule has 0 saturated carbocycles. The summed E-state index contributed by atoms with van der Waals surface area (Å²) in [4.78, 5) is 15.0. The Hall–Kier alpha value is -1.59. The first-order chi connectivity index (χ1) is 12.6. The average Bonchev–Trinajstić information content (AvgIpc) is 3.16. The van der Waals surface area contributed by atoms with Gasteiger partial charge in [-0.15, -0.1) is 0 Å². The Morgan fingerprint density at radius 2 is 1.88 bits per heavy atom. The molecule has 1 aromatic carbocycles. The number of carbonyl (C=O) groups excluding carboxylic acids is 1. The summed E-state index contributed by atoms with van der Waals surface area (Å²) in [5.74, 6) is 0.735. The second-order valence-corrected chi connectivity index (χ2v) is 7.27. The van der Waals surface area contributed by atoms with Crippen molar-refractivity contribution >= 4 is 11.6 Å². The Labute approximate surface area is 158 Å². The molecule has 1 aromatic rings. The van der Waals surface area contributed by atoms with E-state index < -0.39 is 5.60 Å². The fraction of sp³-hybridized carbons (Fsp3) is 0.667. The molecule has 1 N–H and O–H groups in total. The molecule has 1 aliphatic rings. The summed E-state index contributed by atoms with van der Waals surface area (Å²) in [6.45, 7) is 8.05. The second kappa shape index (κ2) is 10.5. The summed E-state index contributed by atoms with van der Waals surface area (Å²) in [5, 5.41) is 2.96. The normalized spacial score (nSPS) is 17.0. The van der Waals surface area contributed by atoms with Crippen LogP contribution in [0.2, 0.25) is 0 Å². The number of carbonyl (C=O) groups is 1. The van der Waals surface area contributed by atoms with Crippen LogP contribution in [-0.4, -0.2) is 49.8 Å². The molecule has 1 heterocycles. The molecule has 0 spiro atoms. The highest BCUT2D eigenvalue weighted by Gasteiger charge is 2.32. The van der Waals surface area contributed by atoms with Gasteiger partial charge in [0.15, 0.2) is 0 Å². The fourth-order valence-corrected chi connectivity index (χ4v) is 3.22. The predicted molar refractivity (Wildman–Crippen MR) is 106 cm³/mol. The highest BCUT2D eigenvalue weighted by atomic mass is 16.5. The van der Waals surface area contributed by atoms with Gasteiger partial charge in [0.2, 0.25) is 0 Å². The van der Waals surface area contributed by atoms with E-state index in [1.807, 2.05) is 31.2 Å². The molecule has 0 aromatic heterocycles. The molecule has 0 unspecified atom stereocenters. The van der Waals surface area contributed by atoms with Gasteiger partial charge in [0, 0.05) is 19.3 Å². The van der Waals surface area contributed by atoms with Crippen molar-refractivity contribution in [1.29, 1.82) is 0 Å². The lowest BCUT2D eigenvalue weighted by Crippen LogP contribution is -2.41. The van der Waals surface area contributed by atoms with Gasteiger partial charge < -0.3 is 14.8 Å². The molecule has 0 radical (unpaired) electrons. The first-order valence-corrected chi connectivity index (χ1v) is 9.89. The number of anilines is 1. The first kappa shape index (κ1) is 20.7. The van der Waals surface area contributed by atoms with Crippen LogP contribution in [0.25, 0.3) is 0 Å². The van der Waals surface area contributed by atoms with Crippen LogP contribution in [0.5, 0.6) is 5.75 Å². The summed E-state index contributed by atoms with van der Waals surface area (Å²) in [6, 6.07) is 7.57. The summed E-state index contributed by atoms with van der Waals surface area (Å²) < 4.78 is 11.3. The SMILES string of the molecule is CCCCC[C@@](C)(OC)C(=O)Nc1ccc(OCCN2CCCC2)cc1. The van der Waals surface area contributed by atoms with Crippen LogP contribution in [0, 0.1) is 0 Å². The number of hydrogen-bond acceptors (Lipinski definition) is 4.